The smallest absolute Gasteiger partial charge is 0.380 e. The molecule has 1 unspecified atom stereocenters. The zero-order chi connectivity index (χ0) is 24.0. The topological polar surface area (TPSA) is 64.0 Å². The first-order chi connectivity index (χ1) is 15.7. The third kappa shape index (κ3) is 6.84. The van der Waals surface area contributed by atoms with Gasteiger partial charge in [-0.15, -0.1) is 0 Å². The van der Waals surface area contributed by atoms with Crippen molar-refractivity contribution in [3.8, 4) is 0 Å². The van der Waals surface area contributed by atoms with Crippen LogP contribution in [-0.4, -0.2) is 36.5 Å². The minimum absolute atomic E-state index is 0.192. The van der Waals surface area contributed by atoms with E-state index in [0.717, 1.165) is 25.2 Å². The molecule has 0 bridgehead atoms. The van der Waals surface area contributed by atoms with Crippen LogP contribution in [0.15, 0.2) is 61.5 Å². The van der Waals surface area contributed by atoms with Gasteiger partial charge in [0.05, 0.1) is 29.9 Å². The quantitative estimate of drug-likeness (QED) is 0.328. The summed E-state index contributed by atoms with van der Waals surface area (Å²) in [6.07, 6.45) is 0.312. The van der Waals surface area contributed by atoms with E-state index in [1.54, 1.807) is 24.4 Å². The number of pyridine rings is 1. The van der Waals surface area contributed by atoms with E-state index in [2.05, 4.69) is 40.6 Å². The van der Waals surface area contributed by atoms with E-state index in [1.807, 2.05) is 6.07 Å². The minimum atomic E-state index is -4.25. The van der Waals surface area contributed by atoms with Gasteiger partial charge in [-0.1, -0.05) is 32.2 Å². The number of allylic oxidation sites excluding steroid dienone is 1. The van der Waals surface area contributed by atoms with E-state index in [9.17, 15) is 13.2 Å². The van der Waals surface area contributed by atoms with Crippen molar-refractivity contribution in [3.05, 3.63) is 72.6 Å². The van der Waals surface area contributed by atoms with Gasteiger partial charge < -0.3 is 20.9 Å². The average molecular weight is 458 g/mol. The lowest BCUT2D eigenvalue weighted by atomic mass is 9.98. The molecular formula is C25H30F3N5. The number of benzene rings is 1. The molecule has 1 atom stereocenters. The van der Waals surface area contributed by atoms with Crippen LogP contribution in [0.1, 0.15) is 30.9 Å². The maximum absolute atomic E-state index is 12.7. The summed E-state index contributed by atoms with van der Waals surface area (Å²) in [6, 6.07) is 8.02. The Hall–Kier alpha value is -3.29. The molecule has 176 valence electrons. The van der Waals surface area contributed by atoms with Crippen LogP contribution in [0.4, 0.5) is 30.4 Å². The van der Waals surface area contributed by atoms with E-state index >= 15 is 0 Å². The minimum Gasteiger partial charge on any atom is -0.380 e. The zero-order valence-electron chi connectivity index (χ0n) is 18.8. The maximum atomic E-state index is 12.7. The SMILES string of the molecule is C=CC(=C)NCC(=N)c1c(N2CCCC(C)C2)ccnc1Nc1ccc(CC(F)(F)F)cc1. The molecule has 1 aromatic carbocycles. The van der Waals surface area contributed by atoms with Gasteiger partial charge in [0, 0.05) is 30.7 Å². The van der Waals surface area contributed by atoms with Gasteiger partial charge in [-0.3, -0.25) is 0 Å². The number of nitrogens with one attached hydrogen (secondary N) is 3. The van der Waals surface area contributed by atoms with Crippen LogP contribution < -0.4 is 15.5 Å². The molecule has 0 spiro atoms. The number of alkyl halides is 3. The Bertz CT molecular complexity index is 998. The first kappa shape index (κ1) is 24.4. The van der Waals surface area contributed by atoms with Gasteiger partial charge in [-0.2, -0.15) is 13.2 Å². The van der Waals surface area contributed by atoms with Gasteiger partial charge in [-0.25, -0.2) is 4.98 Å². The molecule has 1 aromatic heterocycles. The fourth-order valence-electron chi connectivity index (χ4n) is 3.95. The highest BCUT2D eigenvalue weighted by Crippen LogP contribution is 2.32. The molecule has 0 amide bonds. The largest absolute Gasteiger partial charge is 0.393 e. The number of hydrogen-bond donors (Lipinski definition) is 3. The second kappa shape index (κ2) is 10.6. The Labute approximate surface area is 192 Å². The predicted octanol–water partition coefficient (Wildman–Crippen LogP) is 5.82. The van der Waals surface area contributed by atoms with Crippen LogP contribution in [0.5, 0.6) is 0 Å². The molecule has 5 nitrogen and oxygen atoms in total. The van der Waals surface area contributed by atoms with Crippen molar-refractivity contribution in [2.45, 2.75) is 32.4 Å². The Balaban J connectivity index is 1.91. The lowest BCUT2D eigenvalue weighted by molar-refractivity contribution is -0.127. The molecule has 1 fully saturated rings. The molecule has 3 N–H and O–H groups in total. The molecule has 0 saturated carbocycles. The number of piperidine rings is 1. The molecule has 2 heterocycles. The van der Waals surface area contributed by atoms with Gasteiger partial charge in [0.2, 0.25) is 0 Å². The molecule has 1 saturated heterocycles. The van der Waals surface area contributed by atoms with Gasteiger partial charge >= 0.3 is 6.18 Å². The fourth-order valence-corrected chi connectivity index (χ4v) is 3.95. The molecule has 3 rings (SSSR count). The van der Waals surface area contributed by atoms with Crippen LogP contribution in [-0.2, 0) is 6.42 Å². The van der Waals surface area contributed by atoms with Crippen LogP contribution in [0, 0.1) is 11.3 Å². The van der Waals surface area contributed by atoms with E-state index in [1.165, 1.54) is 18.6 Å². The summed E-state index contributed by atoms with van der Waals surface area (Å²) >= 11 is 0. The third-order valence-corrected chi connectivity index (χ3v) is 5.59. The van der Waals surface area contributed by atoms with Crippen molar-refractivity contribution >= 4 is 22.9 Å². The number of anilines is 3. The Morgan fingerprint density at radius 1 is 1.27 bits per heavy atom. The van der Waals surface area contributed by atoms with Crippen LogP contribution in [0.3, 0.4) is 0 Å². The van der Waals surface area contributed by atoms with Crippen molar-refractivity contribution in [2.24, 2.45) is 5.92 Å². The highest BCUT2D eigenvalue weighted by atomic mass is 19.4. The van der Waals surface area contributed by atoms with Crippen molar-refractivity contribution in [1.29, 1.82) is 5.41 Å². The monoisotopic (exact) mass is 457 g/mol. The predicted molar refractivity (Wildman–Crippen MR) is 129 cm³/mol. The van der Waals surface area contributed by atoms with Gasteiger partial charge in [-0.05, 0) is 48.6 Å². The van der Waals surface area contributed by atoms with E-state index in [4.69, 9.17) is 5.41 Å². The highest BCUT2D eigenvalue weighted by Gasteiger charge is 2.27. The first-order valence-corrected chi connectivity index (χ1v) is 11.0. The zero-order valence-corrected chi connectivity index (χ0v) is 18.8. The van der Waals surface area contributed by atoms with Crippen LogP contribution >= 0.6 is 0 Å². The first-order valence-electron chi connectivity index (χ1n) is 11.0. The number of aromatic nitrogens is 1. The molecule has 33 heavy (non-hydrogen) atoms. The molecule has 1 aliphatic heterocycles. The molecule has 2 aromatic rings. The molecule has 8 heteroatoms. The van der Waals surface area contributed by atoms with Crippen molar-refractivity contribution in [3.63, 3.8) is 0 Å². The Morgan fingerprint density at radius 2 is 2.00 bits per heavy atom. The van der Waals surface area contributed by atoms with Crippen molar-refractivity contribution in [1.82, 2.24) is 10.3 Å². The second-order valence-electron chi connectivity index (χ2n) is 8.42. The van der Waals surface area contributed by atoms with E-state index in [-0.39, 0.29) is 12.1 Å². The summed E-state index contributed by atoms with van der Waals surface area (Å²) in [5, 5.41) is 15.1. The Morgan fingerprint density at radius 3 is 2.64 bits per heavy atom. The number of hydrogen-bond acceptors (Lipinski definition) is 5. The fraction of sp³-hybridized carbons (Fsp3) is 0.360. The number of rotatable bonds is 9. The van der Waals surface area contributed by atoms with E-state index < -0.39 is 12.6 Å². The summed E-state index contributed by atoms with van der Waals surface area (Å²) in [4.78, 5) is 6.75. The molecule has 0 aliphatic carbocycles. The summed E-state index contributed by atoms with van der Waals surface area (Å²) < 4.78 is 38.0. The van der Waals surface area contributed by atoms with Crippen molar-refractivity contribution in [2.75, 3.05) is 29.9 Å². The van der Waals surface area contributed by atoms with Crippen LogP contribution in [0.25, 0.3) is 0 Å². The van der Waals surface area contributed by atoms with Crippen molar-refractivity contribution < 1.29 is 13.2 Å². The Kier molecular flexibility index (Phi) is 7.79. The molecule has 1 aliphatic rings. The van der Waals surface area contributed by atoms with Crippen LogP contribution in [0.2, 0.25) is 0 Å². The number of halogens is 3. The summed E-state index contributed by atoms with van der Waals surface area (Å²) in [5.74, 6) is 1.04. The lowest BCUT2D eigenvalue weighted by Crippen LogP contribution is -2.36. The lowest BCUT2D eigenvalue weighted by Gasteiger charge is -2.34. The number of nitrogens with zero attached hydrogens (tertiary/aromatic N) is 2. The third-order valence-electron chi connectivity index (χ3n) is 5.59. The van der Waals surface area contributed by atoms with E-state index in [0.29, 0.717) is 34.4 Å². The molecular weight excluding hydrogens is 427 g/mol. The standard InChI is InChI=1S/C25H30F3N5/c1-4-18(3)31-15-21(29)23-22(33-13-5-6-17(2)16-33)11-12-30-24(23)32-20-9-7-19(8-10-20)14-25(26,27)28/h4,7-12,17,29,31H,1,3,5-6,13-16H2,2H3,(H,30,32). The highest BCUT2D eigenvalue weighted by molar-refractivity contribution is 6.09. The molecule has 0 radical (unpaired) electrons. The summed E-state index contributed by atoms with van der Waals surface area (Å²) in [5.41, 5.74) is 3.33. The van der Waals surface area contributed by atoms with Gasteiger partial charge in [0.25, 0.3) is 0 Å². The maximum Gasteiger partial charge on any atom is 0.393 e. The normalized spacial score (nSPS) is 16.2. The van der Waals surface area contributed by atoms with Gasteiger partial charge in [0.15, 0.2) is 0 Å². The second-order valence-corrected chi connectivity index (χ2v) is 8.42. The summed E-state index contributed by atoms with van der Waals surface area (Å²) in [7, 11) is 0. The summed E-state index contributed by atoms with van der Waals surface area (Å²) in [6.45, 7) is 11.8. The van der Waals surface area contributed by atoms with Gasteiger partial charge in [0.1, 0.15) is 5.82 Å². The average Bonchev–Trinajstić information content (AvgIpc) is 2.77.